The summed E-state index contributed by atoms with van der Waals surface area (Å²) < 4.78 is 0. The van der Waals surface area contributed by atoms with Crippen LogP contribution in [0.4, 0.5) is 0 Å². The van der Waals surface area contributed by atoms with Gasteiger partial charge in [0.05, 0.1) is 5.38 Å². The van der Waals surface area contributed by atoms with Crippen molar-refractivity contribution in [1.82, 2.24) is 0 Å². The monoisotopic (exact) mass is 130 g/mol. The molecule has 3 atom stereocenters. The second kappa shape index (κ2) is 1.27. The van der Waals surface area contributed by atoms with Crippen molar-refractivity contribution in [2.75, 3.05) is 0 Å². The van der Waals surface area contributed by atoms with Crippen molar-refractivity contribution >= 4 is 17.4 Å². The van der Waals surface area contributed by atoms with Crippen LogP contribution < -0.4 is 0 Å². The molecule has 2 heteroatoms. The van der Waals surface area contributed by atoms with Crippen LogP contribution in [0.25, 0.3) is 0 Å². The molecule has 0 aliphatic heterocycles. The summed E-state index contributed by atoms with van der Waals surface area (Å²) in [6.45, 7) is 0. The lowest BCUT2D eigenvalue weighted by Gasteiger charge is -2.48. The highest BCUT2D eigenvalue weighted by atomic mass is 35.5. The zero-order valence-corrected chi connectivity index (χ0v) is 5.19. The Balaban J connectivity index is 2.13. The largest absolute Gasteiger partial charge is 0.298 e. The zero-order chi connectivity index (χ0) is 5.72. The molecule has 8 heavy (non-hydrogen) atoms. The minimum absolute atomic E-state index is 0.103. The number of carbonyl (C=O) groups excluding carboxylic acids is 1. The Hall–Kier alpha value is -0.0400. The van der Waals surface area contributed by atoms with E-state index in [1.54, 1.807) is 0 Å². The molecule has 0 amide bonds. The van der Waals surface area contributed by atoms with Gasteiger partial charge in [0, 0.05) is 5.92 Å². The molecule has 2 fully saturated rings. The van der Waals surface area contributed by atoms with Crippen molar-refractivity contribution in [1.29, 1.82) is 0 Å². The van der Waals surface area contributed by atoms with Gasteiger partial charge in [0.15, 0.2) is 5.78 Å². The Kier molecular flexibility index (Phi) is 0.762. The fourth-order valence-electron chi connectivity index (χ4n) is 1.53. The Labute approximate surface area is 53.0 Å². The number of alkyl halides is 1. The van der Waals surface area contributed by atoms with E-state index in [1.807, 2.05) is 0 Å². The summed E-state index contributed by atoms with van der Waals surface area (Å²) in [6, 6.07) is 0. The molecule has 2 aliphatic rings. The summed E-state index contributed by atoms with van der Waals surface area (Å²) >= 11 is 5.65. The molecule has 3 unspecified atom stereocenters. The highest BCUT2D eigenvalue weighted by Gasteiger charge is 2.53. The Morgan fingerprint density at radius 3 is 2.38 bits per heavy atom. The van der Waals surface area contributed by atoms with Crippen molar-refractivity contribution < 1.29 is 4.79 Å². The van der Waals surface area contributed by atoms with Gasteiger partial charge in [-0.05, 0) is 18.8 Å². The summed E-state index contributed by atoms with van der Waals surface area (Å²) in [4.78, 5) is 10.7. The summed E-state index contributed by atoms with van der Waals surface area (Å²) in [5, 5.41) is -0.103. The number of fused-ring (bicyclic) bond motifs is 1. The molecule has 0 heterocycles. The molecule has 0 aromatic rings. The molecule has 2 saturated carbocycles. The number of Topliss-reactive ketones (excluding diaryl/α,β-unsaturated/α-hetero) is 1. The van der Waals surface area contributed by atoms with Crippen LogP contribution in [0.3, 0.4) is 0 Å². The van der Waals surface area contributed by atoms with Gasteiger partial charge in [-0.25, -0.2) is 0 Å². The molecule has 0 aromatic carbocycles. The Bertz CT molecular complexity index is 135. The average molecular weight is 131 g/mol. The van der Waals surface area contributed by atoms with Gasteiger partial charge in [0.25, 0.3) is 0 Å². The third-order valence-electron chi connectivity index (χ3n) is 2.34. The standard InChI is InChI=1S/C6H7ClO/c7-5-3-1-2-4(3)6(5)8/h3-5H,1-2H2. The van der Waals surface area contributed by atoms with E-state index in [0.29, 0.717) is 17.6 Å². The van der Waals surface area contributed by atoms with Gasteiger partial charge in [0.2, 0.25) is 0 Å². The maximum Gasteiger partial charge on any atom is 0.154 e. The topological polar surface area (TPSA) is 17.1 Å². The molecular formula is C6H7ClO. The van der Waals surface area contributed by atoms with Gasteiger partial charge in [-0.3, -0.25) is 4.79 Å². The number of hydrogen-bond donors (Lipinski definition) is 0. The second-order valence-corrected chi connectivity index (χ2v) is 3.12. The van der Waals surface area contributed by atoms with Crippen LogP contribution in [0.15, 0.2) is 0 Å². The maximum atomic E-state index is 10.7. The van der Waals surface area contributed by atoms with Crippen LogP contribution in [-0.4, -0.2) is 11.2 Å². The number of halogens is 1. The second-order valence-electron chi connectivity index (χ2n) is 2.65. The predicted molar refractivity (Wildman–Crippen MR) is 30.9 cm³/mol. The molecule has 2 aliphatic carbocycles. The first kappa shape index (κ1) is 4.80. The minimum atomic E-state index is -0.103. The molecule has 0 saturated heterocycles. The van der Waals surface area contributed by atoms with Crippen LogP contribution in [0.1, 0.15) is 12.8 Å². The van der Waals surface area contributed by atoms with Crippen LogP contribution in [-0.2, 0) is 4.79 Å². The number of carbonyl (C=O) groups is 1. The average Bonchev–Trinajstić information content (AvgIpc) is 1.64. The van der Waals surface area contributed by atoms with Crippen molar-refractivity contribution in [3.8, 4) is 0 Å². The highest BCUT2D eigenvalue weighted by molar-refractivity contribution is 6.34. The first-order valence-corrected chi connectivity index (χ1v) is 3.42. The van der Waals surface area contributed by atoms with Gasteiger partial charge >= 0.3 is 0 Å². The first-order chi connectivity index (χ1) is 3.80. The van der Waals surface area contributed by atoms with Crippen LogP contribution in [0, 0.1) is 11.8 Å². The summed E-state index contributed by atoms with van der Waals surface area (Å²) in [5.74, 6) is 1.25. The minimum Gasteiger partial charge on any atom is -0.298 e. The quantitative estimate of drug-likeness (QED) is 0.451. The fourth-order valence-corrected chi connectivity index (χ4v) is 1.99. The van der Waals surface area contributed by atoms with E-state index in [4.69, 9.17) is 11.6 Å². The molecule has 0 radical (unpaired) electrons. The lowest BCUT2D eigenvalue weighted by Crippen LogP contribution is -2.55. The van der Waals surface area contributed by atoms with E-state index < -0.39 is 0 Å². The maximum absolute atomic E-state index is 10.7. The SMILES string of the molecule is O=C1C(Cl)C2CCC12. The zero-order valence-electron chi connectivity index (χ0n) is 4.43. The third-order valence-corrected chi connectivity index (χ3v) is 2.88. The van der Waals surface area contributed by atoms with E-state index in [-0.39, 0.29) is 5.38 Å². The first-order valence-electron chi connectivity index (χ1n) is 2.98. The lowest BCUT2D eigenvalue weighted by molar-refractivity contribution is -0.140. The third kappa shape index (κ3) is 0.334. The normalized spacial score (nSPS) is 51.6. The molecule has 2 rings (SSSR count). The molecular weight excluding hydrogens is 124 g/mol. The molecule has 0 N–H and O–H groups in total. The number of ketones is 1. The van der Waals surface area contributed by atoms with Crippen molar-refractivity contribution in [2.45, 2.75) is 18.2 Å². The Morgan fingerprint density at radius 2 is 2.25 bits per heavy atom. The van der Waals surface area contributed by atoms with Crippen molar-refractivity contribution in [3.05, 3.63) is 0 Å². The summed E-state index contributed by atoms with van der Waals surface area (Å²) in [5.41, 5.74) is 0. The molecule has 44 valence electrons. The van der Waals surface area contributed by atoms with Gasteiger partial charge in [-0.2, -0.15) is 0 Å². The molecule has 0 spiro atoms. The van der Waals surface area contributed by atoms with Crippen LogP contribution in [0.5, 0.6) is 0 Å². The Morgan fingerprint density at radius 1 is 1.50 bits per heavy atom. The van der Waals surface area contributed by atoms with Crippen LogP contribution in [0.2, 0.25) is 0 Å². The van der Waals surface area contributed by atoms with Gasteiger partial charge in [0.1, 0.15) is 0 Å². The van der Waals surface area contributed by atoms with E-state index in [1.165, 1.54) is 6.42 Å². The van der Waals surface area contributed by atoms with Gasteiger partial charge in [-0.15, -0.1) is 11.6 Å². The van der Waals surface area contributed by atoms with E-state index in [0.717, 1.165) is 6.42 Å². The molecule has 1 nitrogen and oxygen atoms in total. The highest BCUT2D eigenvalue weighted by Crippen LogP contribution is 2.49. The molecule has 0 aromatic heterocycles. The smallest absolute Gasteiger partial charge is 0.154 e. The number of hydrogen-bond acceptors (Lipinski definition) is 1. The van der Waals surface area contributed by atoms with Gasteiger partial charge in [-0.1, -0.05) is 0 Å². The van der Waals surface area contributed by atoms with Gasteiger partial charge < -0.3 is 0 Å². The van der Waals surface area contributed by atoms with Crippen LogP contribution >= 0.6 is 11.6 Å². The van der Waals surface area contributed by atoms with Crippen molar-refractivity contribution in [3.63, 3.8) is 0 Å². The summed E-state index contributed by atoms with van der Waals surface area (Å²) in [6.07, 6.45) is 2.29. The molecule has 0 bridgehead atoms. The van der Waals surface area contributed by atoms with Crippen molar-refractivity contribution in [2.24, 2.45) is 11.8 Å². The fraction of sp³-hybridized carbons (Fsp3) is 0.833. The summed E-state index contributed by atoms with van der Waals surface area (Å²) in [7, 11) is 0. The predicted octanol–water partition coefficient (Wildman–Crippen LogP) is 1.20. The lowest BCUT2D eigenvalue weighted by atomic mass is 9.58. The number of rotatable bonds is 0. The van der Waals surface area contributed by atoms with E-state index >= 15 is 0 Å². The van der Waals surface area contributed by atoms with E-state index in [2.05, 4.69) is 0 Å². The van der Waals surface area contributed by atoms with E-state index in [9.17, 15) is 4.79 Å².